The number of amides is 1. The van der Waals surface area contributed by atoms with Crippen LogP contribution in [0.25, 0.3) is 0 Å². The lowest BCUT2D eigenvalue weighted by atomic mass is 10.0. The Labute approximate surface area is 181 Å². The van der Waals surface area contributed by atoms with E-state index in [1.807, 2.05) is 0 Å². The minimum absolute atomic E-state index is 0. The van der Waals surface area contributed by atoms with Crippen molar-refractivity contribution < 1.29 is 4.79 Å². The average molecular weight is 436 g/mol. The molecule has 0 bridgehead atoms. The second kappa shape index (κ2) is 14.5. The maximum atomic E-state index is 12.8. The van der Waals surface area contributed by atoms with Crippen LogP contribution in [-0.4, -0.2) is 66.5 Å². The van der Waals surface area contributed by atoms with Gasteiger partial charge in [0.15, 0.2) is 0 Å². The summed E-state index contributed by atoms with van der Waals surface area (Å²) >= 11 is 1.76. The molecule has 156 valence electrons. The van der Waals surface area contributed by atoms with E-state index in [4.69, 9.17) is 0 Å². The molecular weight excluding hydrogens is 401 g/mol. The standard InChI is InChI=1S/C20H33N3OS.2ClH/c1-4-17-7-9-18(10-8-17)19-15-21-11-12-23(19)20(24)16-25-14-13-22(5-2)6-3;;/h7-10,19,21H,4-6,11-16H2,1-3H3;2*1H. The van der Waals surface area contributed by atoms with E-state index in [9.17, 15) is 4.79 Å². The summed E-state index contributed by atoms with van der Waals surface area (Å²) < 4.78 is 0. The predicted octanol–water partition coefficient (Wildman–Crippen LogP) is 3.64. The Bertz CT molecular complexity index is 526. The highest BCUT2D eigenvalue weighted by atomic mass is 35.5. The lowest BCUT2D eigenvalue weighted by molar-refractivity contribution is -0.131. The molecule has 0 radical (unpaired) electrons. The average Bonchev–Trinajstić information content (AvgIpc) is 2.68. The quantitative estimate of drug-likeness (QED) is 0.600. The van der Waals surface area contributed by atoms with Crippen molar-refractivity contribution in [3.05, 3.63) is 35.4 Å². The molecule has 1 heterocycles. The van der Waals surface area contributed by atoms with Gasteiger partial charge in [0.25, 0.3) is 0 Å². The van der Waals surface area contributed by atoms with Gasteiger partial charge in [-0.05, 0) is 30.6 Å². The van der Waals surface area contributed by atoms with Crippen molar-refractivity contribution in [3.63, 3.8) is 0 Å². The third-order valence-electron chi connectivity index (χ3n) is 5.01. The normalized spacial score (nSPS) is 16.6. The number of aryl methyl sites for hydroxylation is 1. The third kappa shape index (κ3) is 8.20. The molecule has 2 rings (SSSR count). The molecular formula is C20H35Cl2N3OS. The van der Waals surface area contributed by atoms with Crippen molar-refractivity contribution in [2.75, 3.05) is 50.8 Å². The summed E-state index contributed by atoms with van der Waals surface area (Å²) in [7, 11) is 0. The number of benzene rings is 1. The van der Waals surface area contributed by atoms with Crippen LogP contribution in [0.5, 0.6) is 0 Å². The van der Waals surface area contributed by atoms with E-state index in [-0.39, 0.29) is 36.8 Å². The lowest BCUT2D eigenvalue weighted by Crippen LogP contribution is -2.49. The van der Waals surface area contributed by atoms with Crippen molar-refractivity contribution in [2.45, 2.75) is 33.2 Å². The summed E-state index contributed by atoms with van der Waals surface area (Å²) in [4.78, 5) is 17.2. The molecule has 1 fully saturated rings. The molecule has 4 nitrogen and oxygen atoms in total. The molecule has 1 aliphatic heterocycles. The van der Waals surface area contributed by atoms with E-state index in [0.29, 0.717) is 5.75 Å². The Kier molecular flexibility index (Phi) is 14.3. The van der Waals surface area contributed by atoms with Crippen molar-refractivity contribution in [3.8, 4) is 0 Å². The van der Waals surface area contributed by atoms with E-state index >= 15 is 0 Å². The van der Waals surface area contributed by atoms with Gasteiger partial charge in [-0.15, -0.1) is 24.8 Å². The highest BCUT2D eigenvalue weighted by Crippen LogP contribution is 2.23. The monoisotopic (exact) mass is 435 g/mol. The molecule has 1 N–H and O–H groups in total. The zero-order valence-corrected chi connectivity index (χ0v) is 19.2. The number of hydrogen-bond acceptors (Lipinski definition) is 4. The van der Waals surface area contributed by atoms with E-state index in [1.165, 1.54) is 11.1 Å². The van der Waals surface area contributed by atoms with Crippen LogP contribution in [0.3, 0.4) is 0 Å². The van der Waals surface area contributed by atoms with Crippen molar-refractivity contribution >= 4 is 42.5 Å². The number of nitrogens with zero attached hydrogens (tertiary/aromatic N) is 2. The topological polar surface area (TPSA) is 35.6 Å². The Morgan fingerprint density at radius 2 is 1.85 bits per heavy atom. The summed E-state index contributed by atoms with van der Waals surface area (Å²) in [5, 5.41) is 3.44. The number of carbonyl (C=O) groups is 1. The van der Waals surface area contributed by atoms with Gasteiger partial charge in [0.05, 0.1) is 11.8 Å². The van der Waals surface area contributed by atoms with E-state index in [1.54, 1.807) is 11.8 Å². The first-order valence-corrected chi connectivity index (χ1v) is 10.7. The van der Waals surface area contributed by atoms with Crippen molar-refractivity contribution in [1.29, 1.82) is 0 Å². The SMILES string of the molecule is CCc1ccc(C2CNCCN2C(=O)CSCCN(CC)CC)cc1.Cl.Cl. The fraction of sp³-hybridized carbons (Fsp3) is 0.650. The molecule has 1 unspecified atom stereocenters. The van der Waals surface area contributed by atoms with Crippen LogP contribution in [0.2, 0.25) is 0 Å². The lowest BCUT2D eigenvalue weighted by Gasteiger charge is -2.36. The first-order valence-electron chi connectivity index (χ1n) is 9.58. The number of halogens is 2. The molecule has 0 saturated carbocycles. The Hall–Kier alpha value is -0.460. The zero-order chi connectivity index (χ0) is 18.1. The summed E-state index contributed by atoms with van der Waals surface area (Å²) in [5.41, 5.74) is 2.59. The number of carbonyl (C=O) groups excluding carboxylic acids is 1. The van der Waals surface area contributed by atoms with Gasteiger partial charge >= 0.3 is 0 Å². The van der Waals surface area contributed by atoms with E-state index in [2.05, 4.69) is 60.2 Å². The number of piperazine rings is 1. The van der Waals surface area contributed by atoms with Gasteiger partial charge in [-0.1, -0.05) is 45.0 Å². The highest BCUT2D eigenvalue weighted by Gasteiger charge is 2.27. The summed E-state index contributed by atoms with van der Waals surface area (Å²) in [6, 6.07) is 8.90. The van der Waals surface area contributed by atoms with Crippen LogP contribution in [0.1, 0.15) is 37.9 Å². The third-order valence-corrected chi connectivity index (χ3v) is 5.93. The molecule has 7 heteroatoms. The molecule has 0 aliphatic carbocycles. The van der Waals surface area contributed by atoms with Gasteiger partial charge in [0.2, 0.25) is 5.91 Å². The minimum atomic E-state index is 0. The second-order valence-electron chi connectivity index (χ2n) is 6.48. The first-order chi connectivity index (χ1) is 12.2. The van der Waals surface area contributed by atoms with Crippen molar-refractivity contribution in [2.24, 2.45) is 0 Å². The second-order valence-corrected chi connectivity index (χ2v) is 7.59. The Morgan fingerprint density at radius 1 is 1.19 bits per heavy atom. The Balaban J connectivity index is 0.00000338. The molecule has 0 aromatic heterocycles. The molecule has 27 heavy (non-hydrogen) atoms. The molecule has 1 amide bonds. The highest BCUT2D eigenvalue weighted by molar-refractivity contribution is 7.99. The number of nitrogens with one attached hydrogen (secondary N) is 1. The number of rotatable bonds is 9. The van der Waals surface area contributed by atoms with Crippen LogP contribution >= 0.6 is 36.6 Å². The van der Waals surface area contributed by atoms with E-state index < -0.39 is 0 Å². The predicted molar refractivity (Wildman–Crippen MR) is 123 cm³/mol. The maximum Gasteiger partial charge on any atom is 0.233 e. The number of thioether (sulfide) groups is 1. The van der Waals surface area contributed by atoms with Crippen LogP contribution < -0.4 is 5.32 Å². The van der Waals surface area contributed by atoms with Crippen LogP contribution in [0.15, 0.2) is 24.3 Å². The molecule has 0 spiro atoms. The molecule has 1 aromatic carbocycles. The zero-order valence-electron chi connectivity index (χ0n) is 16.8. The summed E-state index contributed by atoms with van der Waals surface area (Å²) in [6.45, 7) is 12.3. The van der Waals surface area contributed by atoms with Gasteiger partial charge in [-0.3, -0.25) is 4.79 Å². The van der Waals surface area contributed by atoms with Crippen LogP contribution in [-0.2, 0) is 11.2 Å². The fourth-order valence-electron chi connectivity index (χ4n) is 3.25. The van der Waals surface area contributed by atoms with Crippen molar-refractivity contribution in [1.82, 2.24) is 15.1 Å². The maximum absolute atomic E-state index is 12.8. The Morgan fingerprint density at radius 3 is 2.44 bits per heavy atom. The number of hydrogen-bond donors (Lipinski definition) is 1. The smallest absolute Gasteiger partial charge is 0.233 e. The summed E-state index contributed by atoms with van der Waals surface area (Å²) in [5.74, 6) is 1.89. The largest absolute Gasteiger partial charge is 0.332 e. The fourth-order valence-corrected chi connectivity index (χ4v) is 4.12. The molecule has 1 atom stereocenters. The minimum Gasteiger partial charge on any atom is -0.332 e. The van der Waals surface area contributed by atoms with Crippen LogP contribution in [0.4, 0.5) is 0 Å². The van der Waals surface area contributed by atoms with Crippen LogP contribution in [0, 0.1) is 0 Å². The van der Waals surface area contributed by atoms with E-state index in [0.717, 1.165) is 51.4 Å². The first kappa shape index (κ1) is 26.5. The van der Waals surface area contributed by atoms with Gasteiger partial charge in [0.1, 0.15) is 0 Å². The summed E-state index contributed by atoms with van der Waals surface area (Å²) in [6.07, 6.45) is 1.05. The van der Waals surface area contributed by atoms with Gasteiger partial charge in [-0.25, -0.2) is 0 Å². The molecule has 1 aromatic rings. The van der Waals surface area contributed by atoms with Gasteiger partial charge in [0, 0.05) is 31.9 Å². The van der Waals surface area contributed by atoms with Gasteiger partial charge < -0.3 is 15.1 Å². The van der Waals surface area contributed by atoms with Gasteiger partial charge in [-0.2, -0.15) is 11.8 Å². The molecule has 1 aliphatic rings. The molecule has 1 saturated heterocycles.